The van der Waals surface area contributed by atoms with Crippen LogP contribution in [0.4, 0.5) is 4.39 Å². The van der Waals surface area contributed by atoms with Crippen molar-refractivity contribution in [2.75, 3.05) is 5.88 Å². The third kappa shape index (κ3) is 2.32. The summed E-state index contributed by atoms with van der Waals surface area (Å²) in [6, 6.07) is 4.90. The Morgan fingerprint density at radius 1 is 1.30 bits per heavy atom. The lowest BCUT2D eigenvalue weighted by molar-refractivity contribution is 0.219. The number of imidazole rings is 1. The van der Waals surface area contributed by atoms with Crippen molar-refractivity contribution in [3.05, 3.63) is 29.8 Å². The van der Waals surface area contributed by atoms with Crippen LogP contribution in [0, 0.1) is 5.82 Å². The number of rotatable bonds is 3. The molecule has 0 N–H and O–H groups in total. The van der Waals surface area contributed by atoms with E-state index in [-0.39, 0.29) is 11.4 Å². The van der Waals surface area contributed by atoms with E-state index < -0.39 is 0 Å². The Hall–Kier alpha value is -1.09. The molecule has 2 nitrogen and oxygen atoms in total. The summed E-state index contributed by atoms with van der Waals surface area (Å²) in [7, 11) is 0. The maximum absolute atomic E-state index is 13.4. The normalized spacial score (nSPS) is 18.6. The fourth-order valence-corrected chi connectivity index (χ4v) is 3.66. The van der Waals surface area contributed by atoms with E-state index in [0.717, 1.165) is 36.1 Å². The molecule has 0 atom stereocenters. The molecule has 4 heteroatoms. The minimum Gasteiger partial charge on any atom is -0.322 e. The van der Waals surface area contributed by atoms with Crippen molar-refractivity contribution < 1.29 is 4.39 Å². The number of hydrogen-bond acceptors (Lipinski definition) is 1. The van der Waals surface area contributed by atoms with E-state index in [4.69, 9.17) is 11.6 Å². The number of nitrogens with zero attached hydrogens (tertiary/aromatic N) is 2. The summed E-state index contributed by atoms with van der Waals surface area (Å²) < 4.78 is 15.7. The van der Waals surface area contributed by atoms with Crippen LogP contribution >= 0.6 is 11.6 Å². The molecule has 1 aliphatic carbocycles. The molecule has 108 valence electrons. The first-order valence-electron chi connectivity index (χ1n) is 7.37. The average molecular weight is 295 g/mol. The van der Waals surface area contributed by atoms with Crippen LogP contribution in [0.3, 0.4) is 0 Å². The molecule has 0 aliphatic heterocycles. The molecule has 0 saturated heterocycles. The molecular formula is C16H20ClFN2. The quantitative estimate of drug-likeness (QED) is 0.754. The second-order valence-electron chi connectivity index (χ2n) is 5.99. The van der Waals surface area contributed by atoms with Crippen LogP contribution in [0.1, 0.15) is 44.9 Å². The molecule has 1 aromatic heterocycles. The summed E-state index contributed by atoms with van der Waals surface area (Å²) in [5, 5.41) is 0. The van der Waals surface area contributed by atoms with Gasteiger partial charge in [0.15, 0.2) is 0 Å². The van der Waals surface area contributed by atoms with Gasteiger partial charge in [-0.3, -0.25) is 0 Å². The SMILES string of the molecule is CC1(n2c(CCCl)nc3cc(F)ccc32)CCCCC1. The Labute approximate surface area is 123 Å². The minimum absolute atomic E-state index is 0.0895. The maximum Gasteiger partial charge on any atom is 0.125 e. The first kappa shape index (κ1) is 13.9. The monoisotopic (exact) mass is 294 g/mol. The minimum atomic E-state index is -0.228. The zero-order valence-corrected chi connectivity index (χ0v) is 12.6. The molecular weight excluding hydrogens is 275 g/mol. The number of halogens is 2. The third-order valence-corrected chi connectivity index (χ3v) is 4.66. The van der Waals surface area contributed by atoms with E-state index in [1.165, 1.54) is 31.4 Å². The Bertz CT molecular complexity index is 614. The van der Waals surface area contributed by atoms with Crippen LogP contribution in [-0.4, -0.2) is 15.4 Å². The van der Waals surface area contributed by atoms with Gasteiger partial charge < -0.3 is 4.57 Å². The van der Waals surface area contributed by atoms with Crippen molar-refractivity contribution in [2.24, 2.45) is 0 Å². The fourth-order valence-electron chi connectivity index (χ4n) is 3.49. The standard InChI is InChI=1S/C16H20ClFN2/c1-16(8-3-2-4-9-16)20-14-6-5-12(18)11-13(14)19-15(20)7-10-17/h5-6,11H,2-4,7-10H2,1H3. The molecule has 20 heavy (non-hydrogen) atoms. The Kier molecular flexibility index (Phi) is 3.72. The summed E-state index contributed by atoms with van der Waals surface area (Å²) in [5.41, 5.74) is 1.87. The van der Waals surface area contributed by atoms with E-state index in [9.17, 15) is 4.39 Å². The highest BCUT2D eigenvalue weighted by Crippen LogP contribution is 2.38. The summed E-state index contributed by atoms with van der Waals surface area (Å²) in [4.78, 5) is 4.62. The second kappa shape index (κ2) is 5.36. The Balaban J connectivity index is 2.17. The van der Waals surface area contributed by atoms with Crippen LogP contribution in [0.5, 0.6) is 0 Å². The molecule has 1 fully saturated rings. The fraction of sp³-hybridized carbons (Fsp3) is 0.562. The van der Waals surface area contributed by atoms with E-state index in [2.05, 4.69) is 16.5 Å². The van der Waals surface area contributed by atoms with Gasteiger partial charge in [-0.25, -0.2) is 9.37 Å². The van der Waals surface area contributed by atoms with Gasteiger partial charge in [0.25, 0.3) is 0 Å². The molecule has 1 heterocycles. The van der Waals surface area contributed by atoms with Crippen molar-refractivity contribution in [1.29, 1.82) is 0 Å². The zero-order chi connectivity index (χ0) is 14.2. The van der Waals surface area contributed by atoms with E-state index >= 15 is 0 Å². The Morgan fingerprint density at radius 2 is 2.05 bits per heavy atom. The van der Waals surface area contributed by atoms with Gasteiger partial charge >= 0.3 is 0 Å². The van der Waals surface area contributed by atoms with Gasteiger partial charge in [-0.15, -0.1) is 11.6 Å². The number of aryl methyl sites for hydroxylation is 1. The van der Waals surface area contributed by atoms with Crippen molar-refractivity contribution >= 4 is 22.6 Å². The van der Waals surface area contributed by atoms with Gasteiger partial charge in [0, 0.05) is 23.9 Å². The molecule has 1 aliphatic rings. The van der Waals surface area contributed by atoms with Gasteiger partial charge in [0.05, 0.1) is 11.0 Å². The highest BCUT2D eigenvalue weighted by atomic mass is 35.5. The van der Waals surface area contributed by atoms with Crippen LogP contribution in [0.25, 0.3) is 11.0 Å². The van der Waals surface area contributed by atoms with E-state index in [1.54, 1.807) is 0 Å². The van der Waals surface area contributed by atoms with Crippen LogP contribution in [0.15, 0.2) is 18.2 Å². The average Bonchev–Trinajstić information content (AvgIpc) is 2.77. The third-order valence-electron chi connectivity index (χ3n) is 4.47. The number of benzene rings is 1. The predicted molar refractivity (Wildman–Crippen MR) is 80.8 cm³/mol. The summed E-state index contributed by atoms with van der Waals surface area (Å²) >= 11 is 5.92. The maximum atomic E-state index is 13.4. The van der Waals surface area contributed by atoms with Gasteiger partial charge in [-0.2, -0.15) is 0 Å². The first-order chi connectivity index (χ1) is 9.64. The predicted octanol–water partition coefficient (Wildman–Crippen LogP) is 4.64. The zero-order valence-electron chi connectivity index (χ0n) is 11.8. The molecule has 0 spiro atoms. The topological polar surface area (TPSA) is 17.8 Å². The van der Waals surface area contributed by atoms with Crippen molar-refractivity contribution in [3.8, 4) is 0 Å². The molecule has 0 bridgehead atoms. The lowest BCUT2D eigenvalue weighted by Crippen LogP contribution is -2.34. The van der Waals surface area contributed by atoms with E-state index in [1.807, 2.05) is 6.07 Å². The molecule has 0 radical (unpaired) electrons. The number of fused-ring (bicyclic) bond motifs is 1. The van der Waals surface area contributed by atoms with Crippen LogP contribution in [-0.2, 0) is 12.0 Å². The lowest BCUT2D eigenvalue weighted by atomic mass is 9.82. The molecule has 1 saturated carbocycles. The summed E-state index contributed by atoms with van der Waals surface area (Å²) in [5.74, 6) is 1.31. The van der Waals surface area contributed by atoms with Crippen molar-refractivity contribution in [1.82, 2.24) is 9.55 Å². The number of alkyl halides is 1. The molecule has 0 unspecified atom stereocenters. The number of hydrogen-bond donors (Lipinski definition) is 0. The second-order valence-corrected chi connectivity index (χ2v) is 6.37. The lowest BCUT2D eigenvalue weighted by Gasteiger charge is -2.37. The molecule has 3 rings (SSSR count). The summed E-state index contributed by atoms with van der Waals surface area (Å²) in [6.45, 7) is 2.30. The van der Waals surface area contributed by atoms with Gasteiger partial charge in [-0.1, -0.05) is 19.3 Å². The van der Waals surface area contributed by atoms with Crippen molar-refractivity contribution in [2.45, 2.75) is 51.0 Å². The highest BCUT2D eigenvalue weighted by Gasteiger charge is 2.32. The van der Waals surface area contributed by atoms with Crippen LogP contribution < -0.4 is 0 Å². The molecule has 1 aromatic carbocycles. The molecule has 2 aromatic rings. The van der Waals surface area contributed by atoms with Gasteiger partial charge in [0.2, 0.25) is 0 Å². The Morgan fingerprint density at radius 3 is 2.75 bits per heavy atom. The highest BCUT2D eigenvalue weighted by molar-refractivity contribution is 6.17. The van der Waals surface area contributed by atoms with Crippen LogP contribution in [0.2, 0.25) is 0 Å². The van der Waals surface area contributed by atoms with E-state index in [0.29, 0.717) is 5.88 Å². The van der Waals surface area contributed by atoms with Crippen molar-refractivity contribution in [3.63, 3.8) is 0 Å². The summed E-state index contributed by atoms with van der Waals surface area (Å²) in [6.07, 6.45) is 6.85. The smallest absolute Gasteiger partial charge is 0.125 e. The number of aromatic nitrogens is 2. The van der Waals surface area contributed by atoms with Gasteiger partial charge in [-0.05, 0) is 31.9 Å². The molecule has 0 amide bonds. The first-order valence-corrected chi connectivity index (χ1v) is 7.91. The van der Waals surface area contributed by atoms with Gasteiger partial charge in [0.1, 0.15) is 11.6 Å². The largest absolute Gasteiger partial charge is 0.322 e.